The number of nitrogens with zero attached hydrogens (tertiary/aromatic N) is 2. The number of carbonyl (C=O) groups excluding carboxylic acids is 1. The molecule has 0 spiro atoms. The van der Waals surface area contributed by atoms with Crippen LogP contribution in [-0.4, -0.2) is 30.9 Å². The highest BCUT2D eigenvalue weighted by Crippen LogP contribution is 2.36. The van der Waals surface area contributed by atoms with Gasteiger partial charge in [-0.2, -0.15) is 0 Å². The normalized spacial score (nSPS) is 15.6. The molecule has 1 fully saturated rings. The van der Waals surface area contributed by atoms with Crippen LogP contribution in [-0.2, 0) is 4.79 Å². The zero-order valence-corrected chi connectivity index (χ0v) is 18.1. The van der Waals surface area contributed by atoms with Crippen LogP contribution in [0.25, 0.3) is 6.08 Å². The first-order valence-corrected chi connectivity index (χ1v) is 10.4. The van der Waals surface area contributed by atoms with E-state index < -0.39 is 0 Å². The minimum atomic E-state index is -0.0901. The Kier molecular flexibility index (Phi) is 6.42. The van der Waals surface area contributed by atoms with E-state index in [1.165, 1.54) is 11.8 Å². The monoisotopic (exact) mass is 412 g/mol. The minimum Gasteiger partial charge on any atom is -0.493 e. The topological polar surface area (TPSA) is 32.8 Å². The van der Waals surface area contributed by atoms with Crippen molar-refractivity contribution in [2.24, 2.45) is 5.92 Å². The van der Waals surface area contributed by atoms with Crippen LogP contribution in [0.15, 0.2) is 53.4 Å². The van der Waals surface area contributed by atoms with Crippen LogP contribution in [0, 0.1) is 5.92 Å². The zero-order valence-electron chi connectivity index (χ0n) is 16.5. The smallest absolute Gasteiger partial charge is 0.270 e. The number of hydrogen-bond acceptors (Lipinski definition) is 5. The lowest BCUT2D eigenvalue weighted by Crippen LogP contribution is -2.27. The summed E-state index contributed by atoms with van der Waals surface area (Å²) in [6, 6.07) is 15.6. The van der Waals surface area contributed by atoms with Crippen LogP contribution < -0.4 is 14.5 Å². The maximum absolute atomic E-state index is 12.9. The lowest BCUT2D eigenvalue weighted by Gasteiger charge is -2.17. The fourth-order valence-corrected chi connectivity index (χ4v) is 3.96. The molecule has 1 aliphatic heterocycles. The molecular formula is C22H24N2O2S2. The molecule has 0 saturated carbocycles. The Hall–Kier alpha value is -2.31. The molecule has 4 nitrogen and oxygen atoms in total. The van der Waals surface area contributed by atoms with E-state index in [0.717, 1.165) is 22.7 Å². The summed E-state index contributed by atoms with van der Waals surface area (Å²) in [5.74, 6) is 1.22. The number of ether oxygens (including phenoxy) is 1. The standard InChI is InChI=1S/C22H24N2O2S2/c1-15(2)14-26-19-11-5-16(6-12-19)13-20-21(25)24(22(27)28-20)18-9-7-17(8-10-18)23(3)4/h5-13,15H,14H2,1-4H3/b20-13-. The van der Waals surface area contributed by atoms with Crippen molar-refractivity contribution in [1.82, 2.24) is 0 Å². The van der Waals surface area contributed by atoms with Gasteiger partial charge >= 0.3 is 0 Å². The van der Waals surface area contributed by atoms with Crippen molar-refractivity contribution in [2.75, 3.05) is 30.5 Å². The number of amides is 1. The lowest BCUT2D eigenvalue weighted by molar-refractivity contribution is -0.113. The van der Waals surface area contributed by atoms with E-state index in [0.29, 0.717) is 21.8 Å². The summed E-state index contributed by atoms with van der Waals surface area (Å²) in [6.07, 6.45) is 1.87. The van der Waals surface area contributed by atoms with Crippen LogP contribution in [0.4, 0.5) is 11.4 Å². The summed E-state index contributed by atoms with van der Waals surface area (Å²) in [5.41, 5.74) is 2.80. The number of thiocarbonyl (C=S) groups is 1. The molecule has 1 heterocycles. The van der Waals surface area contributed by atoms with Gasteiger partial charge in [-0.15, -0.1) is 0 Å². The molecule has 3 rings (SSSR count). The second-order valence-corrected chi connectivity index (χ2v) is 8.88. The molecule has 6 heteroatoms. The Morgan fingerprint density at radius 2 is 1.75 bits per heavy atom. The number of hydrogen-bond donors (Lipinski definition) is 0. The summed E-state index contributed by atoms with van der Waals surface area (Å²) in [5, 5.41) is 0. The molecule has 1 saturated heterocycles. The van der Waals surface area contributed by atoms with Gasteiger partial charge in [0.05, 0.1) is 17.2 Å². The number of benzene rings is 2. The lowest BCUT2D eigenvalue weighted by atomic mass is 10.2. The fraction of sp³-hybridized carbons (Fsp3) is 0.273. The highest BCUT2D eigenvalue weighted by Gasteiger charge is 2.33. The summed E-state index contributed by atoms with van der Waals surface area (Å²) < 4.78 is 6.25. The number of thioether (sulfide) groups is 1. The van der Waals surface area contributed by atoms with E-state index in [1.807, 2.05) is 73.6 Å². The highest BCUT2D eigenvalue weighted by atomic mass is 32.2. The zero-order chi connectivity index (χ0) is 20.3. The molecule has 1 aliphatic rings. The molecule has 0 N–H and O–H groups in total. The largest absolute Gasteiger partial charge is 0.493 e. The SMILES string of the molecule is CC(C)COc1ccc(/C=C2\SC(=S)N(c3ccc(N(C)C)cc3)C2=O)cc1. The first-order valence-electron chi connectivity index (χ1n) is 9.13. The number of anilines is 2. The molecule has 0 aromatic heterocycles. The second kappa shape index (κ2) is 8.80. The first-order chi connectivity index (χ1) is 13.3. The van der Waals surface area contributed by atoms with Crippen LogP contribution in [0.2, 0.25) is 0 Å². The van der Waals surface area contributed by atoms with Crippen molar-refractivity contribution in [3.63, 3.8) is 0 Å². The molecule has 1 amide bonds. The Balaban J connectivity index is 1.75. The number of carbonyl (C=O) groups is 1. The molecule has 2 aromatic carbocycles. The van der Waals surface area contributed by atoms with Crippen LogP contribution >= 0.6 is 24.0 Å². The third-order valence-corrected chi connectivity index (χ3v) is 5.48. The average Bonchev–Trinajstić information content (AvgIpc) is 2.94. The number of rotatable bonds is 6. The van der Waals surface area contributed by atoms with Gasteiger partial charge in [-0.25, -0.2) is 0 Å². The van der Waals surface area contributed by atoms with Crippen molar-refractivity contribution >= 4 is 51.7 Å². The fourth-order valence-electron chi connectivity index (χ4n) is 2.66. The minimum absolute atomic E-state index is 0.0901. The first kappa shape index (κ1) is 20.4. The van der Waals surface area contributed by atoms with E-state index in [4.69, 9.17) is 17.0 Å². The summed E-state index contributed by atoms with van der Waals surface area (Å²) in [6.45, 7) is 4.92. The van der Waals surface area contributed by atoms with Gasteiger partial charge in [0, 0.05) is 19.8 Å². The van der Waals surface area contributed by atoms with Gasteiger partial charge in [-0.1, -0.05) is 50.0 Å². The van der Waals surface area contributed by atoms with Crippen LogP contribution in [0.3, 0.4) is 0 Å². The van der Waals surface area contributed by atoms with Crippen LogP contribution in [0.1, 0.15) is 19.4 Å². The van der Waals surface area contributed by atoms with Crippen LogP contribution in [0.5, 0.6) is 5.75 Å². The van der Waals surface area contributed by atoms with Gasteiger partial charge in [0.2, 0.25) is 0 Å². The van der Waals surface area contributed by atoms with Crippen molar-refractivity contribution in [3.05, 3.63) is 59.0 Å². The molecule has 0 radical (unpaired) electrons. The molecular weight excluding hydrogens is 388 g/mol. The Morgan fingerprint density at radius 3 is 2.32 bits per heavy atom. The predicted molar refractivity (Wildman–Crippen MR) is 123 cm³/mol. The van der Waals surface area contributed by atoms with Crippen molar-refractivity contribution in [3.8, 4) is 5.75 Å². The molecule has 146 valence electrons. The maximum Gasteiger partial charge on any atom is 0.270 e. The summed E-state index contributed by atoms with van der Waals surface area (Å²) >= 11 is 6.78. The second-order valence-electron chi connectivity index (χ2n) is 7.20. The molecule has 28 heavy (non-hydrogen) atoms. The average molecular weight is 413 g/mol. The summed E-state index contributed by atoms with van der Waals surface area (Å²) in [4.78, 5) is 17.1. The molecule has 0 aliphatic carbocycles. The molecule has 0 unspecified atom stereocenters. The van der Waals surface area contributed by atoms with Crippen molar-refractivity contribution in [2.45, 2.75) is 13.8 Å². The van der Waals surface area contributed by atoms with E-state index in [2.05, 4.69) is 13.8 Å². The highest BCUT2D eigenvalue weighted by molar-refractivity contribution is 8.27. The van der Waals surface area contributed by atoms with E-state index in [-0.39, 0.29) is 5.91 Å². The van der Waals surface area contributed by atoms with Gasteiger partial charge in [0.15, 0.2) is 4.32 Å². The molecule has 0 atom stereocenters. The maximum atomic E-state index is 12.9. The van der Waals surface area contributed by atoms with E-state index in [1.54, 1.807) is 4.90 Å². The van der Waals surface area contributed by atoms with Crippen molar-refractivity contribution < 1.29 is 9.53 Å². The van der Waals surface area contributed by atoms with Gasteiger partial charge < -0.3 is 9.64 Å². The third kappa shape index (κ3) is 4.75. The van der Waals surface area contributed by atoms with Gasteiger partial charge in [0.1, 0.15) is 5.75 Å². The van der Waals surface area contributed by atoms with Gasteiger partial charge in [-0.05, 0) is 54.0 Å². The van der Waals surface area contributed by atoms with Gasteiger partial charge in [0.25, 0.3) is 5.91 Å². The van der Waals surface area contributed by atoms with Gasteiger partial charge in [-0.3, -0.25) is 9.69 Å². The Labute approximate surface area is 176 Å². The Morgan fingerprint density at radius 1 is 1.11 bits per heavy atom. The Bertz CT molecular complexity index is 888. The van der Waals surface area contributed by atoms with E-state index >= 15 is 0 Å². The summed E-state index contributed by atoms with van der Waals surface area (Å²) in [7, 11) is 3.97. The quantitative estimate of drug-likeness (QED) is 0.481. The molecule has 2 aromatic rings. The molecule has 0 bridgehead atoms. The predicted octanol–water partition coefficient (Wildman–Crippen LogP) is 5.19. The third-order valence-electron chi connectivity index (χ3n) is 4.18. The van der Waals surface area contributed by atoms with Crippen molar-refractivity contribution in [1.29, 1.82) is 0 Å². The van der Waals surface area contributed by atoms with E-state index in [9.17, 15) is 4.79 Å².